The van der Waals surface area contributed by atoms with Gasteiger partial charge in [-0.1, -0.05) is 11.6 Å². The molecule has 1 aliphatic rings. The number of hydrogen-bond donors (Lipinski definition) is 1. The molecule has 0 amide bonds. The quantitative estimate of drug-likeness (QED) is 0.902. The van der Waals surface area contributed by atoms with Crippen LogP contribution in [0.3, 0.4) is 0 Å². The zero-order chi connectivity index (χ0) is 13.8. The van der Waals surface area contributed by atoms with Crippen molar-refractivity contribution in [3.8, 4) is 5.75 Å². The van der Waals surface area contributed by atoms with Crippen LogP contribution < -0.4 is 10.5 Å². The van der Waals surface area contributed by atoms with Crippen molar-refractivity contribution in [3.05, 3.63) is 28.8 Å². The standard InChI is InChI=1S/C15H23ClN2O/c1-11(2)19-15-4-3-14(16)7-13(15)10-18-6-5-12(8-17)9-18/h3-4,7,11-12H,5-6,8-10,17H2,1-2H3/t12-/m0/s1. The van der Waals surface area contributed by atoms with Crippen LogP contribution in [0.4, 0.5) is 0 Å². The van der Waals surface area contributed by atoms with Gasteiger partial charge in [0.05, 0.1) is 6.10 Å². The lowest BCUT2D eigenvalue weighted by Crippen LogP contribution is -2.23. The van der Waals surface area contributed by atoms with E-state index in [1.165, 1.54) is 12.0 Å². The molecule has 2 rings (SSSR count). The Morgan fingerprint density at radius 3 is 2.89 bits per heavy atom. The van der Waals surface area contributed by atoms with Gasteiger partial charge in [0.15, 0.2) is 0 Å². The third-order valence-corrected chi connectivity index (χ3v) is 3.72. The van der Waals surface area contributed by atoms with Crippen LogP contribution in [0, 0.1) is 5.92 Å². The smallest absolute Gasteiger partial charge is 0.124 e. The first-order valence-corrected chi connectivity index (χ1v) is 7.33. The average Bonchev–Trinajstić information content (AvgIpc) is 2.80. The van der Waals surface area contributed by atoms with Crippen molar-refractivity contribution in [1.29, 1.82) is 0 Å². The number of benzene rings is 1. The summed E-state index contributed by atoms with van der Waals surface area (Å²) in [5, 5.41) is 0.765. The van der Waals surface area contributed by atoms with Gasteiger partial charge in [0.1, 0.15) is 5.75 Å². The highest BCUT2D eigenvalue weighted by Crippen LogP contribution is 2.27. The molecule has 0 radical (unpaired) electrons. The van der Waals surface area contributed by atoms with Crippen molar-refractivity contribution in [3.63, 3.8) is 0 Å². The van der Waals surface area contributed by atoms with Gasteiger partial charge >= 0.3 is 0 Å². The van der Waals surface area contributed by atoms with Crippen molar-refractivity contribution in [2.24, 2.45) is 11.7 Å². The Morgan fingerprint density at radius 1 is 1.47 bits per heavy atom. The highest BCUT2D eigenvalue weighted by molar-refractivity contribution is 6.30. The van der Waals surface area contributed by atoms with E-state index in [-0.39, 0.29) is 6.10 Å². The molecule has 1 atom stereocenters. The summed E-state index contributed by atoms with van der Waals surface area (Å²) in [6.45, 7) is 7.93. The van der Waals surface area contributed by atoms with Crippen molar-refractivity contribution < 1.29 is 4.74 Å². The van der Waals surface area contributed by atoms with Gasteiger partial charge in [-0.2, -0.15) is 0 Å². The maximum Gasteiger partial charge on any atom is 0.124 e. The SMILES string of the molecule is CC(C)Oc1ccc(Cl)cc1CN1CC[C@@H](CN)C1. The molecule has 0 spiro atoms. The van der Waals surface area contributed by atoms with Gasteiger partial charge < -0.3 is 10.5 Å². The molecule has 1 aromatic rings. The van der Waals surface area contributed by atoms with Crippen molar-refractivity contribution in [1.82, 2.24) is 4.90 Å². The zero-order valence-corrected chi connectivity index (χ0v) is 12.5. The molecule has 0 aromatic heterocycles. The molecule has 1 saturated heterocycles. The van der Waals surface area contributed by atoms with Crippen LogP contribution >= 0.6 is 11.6 Å². The molecular formula is C15H23ClN2O. The molecule has 0 bridgehead atoms. The molecule has 0 saturated carbocycles. The molecule has 3 nitrogen and oxygen atoms in total. The first-order chi connectivity index (χ1) is 9.08. The van der Waals surface area contributed by atoms with E-state index in [1.54, 1.807) is 0 Å². The minimum absolute atomic E-state index is 0.176. The van der Waals surface area contributed by atoms with E-state index in [0.717, 1.165) is 37.0 Å². The molecule has 0 aliphatic carbocycles. The molecule has 1 heterocycles. The summed E-state index contributed by atoms with van der Waals surface area (Å²) in [4.78, 5) is 2.43. The van der Waals surface area contributed by atoms with Gasteiger partial charge in [0.25, 0.3) is 0 Å². The normalized spacial score (nSPS) is 20.2. The van der Waals surface area contributed by atoms with E-state index in [2.05, 4.69) is 4.90 Å². The lowest BCUT2D eigenvalue weighted by Gasteiger charge is -2.20. The zero-order valence-electron chi connectivity index (χ0n) is 11.7. The van der Waals surface area contributed by atoms with Gasteiger partial charge in [0.2, 0.25) is 0 Å². The Kier molecular flexibility index (Phi) is 5.08. The second kappa shape index (κ2) is 6.60. The van der Waals surface area contributed by atoms with Crippen molar-refractivity contribution in [2.45, 2.75) is 32.9 Å². The molecule has 2 N–H and O–H groups in total. The van der Waals surface area contributed by atoms with Crippen LogP contribution in [-0.2, 0) is 6.54 Å². The maximum atomic E-state index is 6.10. The molecule has 1 fully saturated rings. The summed E-state index contributed by atoms with van der Waals surface area (Å²) in [5.41, 5.74) is 6.90. The average molecular weight is 283 g/mol. The minimum Gasteiger partial charge on any atom is -0.491 e. The Labute approximate surface area is 120 Å². The predicted octanol–water partition coefficient (Wildman–Crippen LogP) is 2.91. The predicted molar refractivity (Wildman–Crippen MR) is 79.7 cm³/mol. The van der Waals surface area contributed by atoms with Crippen LogP contribution in [0.2, 0.25) is 5.02 Å². The van der Waals surface area contributed by atoms with Crippen LogP contribution in [0.25, 0.3) is 0 Å². The summed E-state index contributed by atoms with van der Waals surface area (Å²) in [6, 6.07) is 5.86. The number of hydrogen-bond acceptors (Lipinski definition) is 3. The van der Waals surface area contributed by atoms with Crippen LogP contribution in [0.5, 0.6) is 5.75 Å². The van der Waals surface area contributed by atoms with Crippen LogP contribution in [0.1, 0.15) is 25.8 Å². The van der Waals surface area contributed by atoms with Crippen LogP contribution in [-0.4, -0.2) is 30.6 Å². The maximum absolute atomic E-state index is 6.10. The Bertz CT molecular complexity index is 423. The van der Waals surface area contributed by atoms with Crippen molar-refractivity contribution in [2.75, 3.05) is 19.6 Å². The fraction of sp³-hybridized carbons (Fsp3) is 0.600. The Balaban J connectivity index is 2.08. The number of nitrogens with zero attached hydrogens (tertiary/aromatic N) is 1. The van der Waals surface area contributed by atoms with E-state index in [4.69, 9.17) is 22.1 Å². The van der Waals surface area contributed by atoms with Gasteiger partial charge in [0, 0.05) is 23.7 Å². The fourth-order valence-electron chi connectivity index (χ4n) is 2.53. The molecule has 1 aromatic carbocycles. The lowest BCUT2D eigenvalue weighted by atomic mass is 10.1. The molecule has 4 heteroatoms. The Morgan fingerprint density at radius 2 is 2.26 bits per heavy atom. The molecule has 1 aliphatic heterocycles. The molecule has 19 heavy (non-hydrogen) atoms. The van der Waals surface area contributed by atoms with E-state index in [9.17, 15) is 0 Å². The topological polar surface area (TPSA) is 38.5 Å². The summed E-state index contributed by atoms with van der Waals surface area (Å²) < 4.78 is 5.85. The summed E-state index contributed by atoms with van der Waals surface area (Å²) in [7, 11) is 0. The van der Waals surface area contributed by atoms with E-state index >= 15 is 0 Å². The number of nitrogens with two attached hydrogens (primary N) is 1. The summed E-state index contributed by atoms with van der Waals surface area (Å²) >= 11 is 6.10. The third-order valence-electron chi connectivity index (χ3n) is 3.48. The highest BCUT2D eigenvalue weighted by atomic mass is 35.5. The summed E-state index contributed by atoms with van der Waals surface area (Å²) in [6.07, 6.45) is 1.37. The largest absolute Gasteiger partial charge is 0.491 e. The van der Waals surface area contributed by atoms with Gasteiger partial charge in [-0.05, 0) is 57.5 Å². The number of ether oxygens (including phenoxy) is 1. The highest BCUT2D eigenvalue weighted by Gasteiger charge is 2.22. The first-order valence-electron chi connectivity index (χ1n) is 6.96. The minimum atomic E-state index is 0.176. The van der Waals surface area contributed by atoms with Gasteiger partial charge in [-0.3, -0.25) is 4.90 Å². The van der Waals surface area contributed by atoms with Crippen LogP contribution in [0.15, 0.2) is 18.2 Å². The second-order valence-corrected chi connectivity index (χ2v) is 5.98. The molecular weight excluding hydrogens is 260 g/mol. The Hall–Kier alpha value is -0.770. The monoisotopic (exact) mass is 282 g/mol. The second-order valence-electron chi connectivity index (χ2n) is 5.54. The third kappa shape index (κ3) is 4.10. The number of rotatable bonds is 5. The fourth-order valence-corrected chi connectivity index (χ4v) is 2.72. The number of halogens is 1. The van der Waals surface area contributed by atoms with Gasteiger partial charge in [-0.15, -0.1) is 0 Å². The number of likely N-dealkylation sites (tertiary alicyclic amines) is 1. The summed E-state index contributed by atoms with van der Waals surface area (Å²) in [5.74, 6) is 1.57. The lowest BCUT2D eigenvalue weighted by molar-refractivity contribution is 0.233. The van der Waals surface area contributed by atoms with E-state index < -0.39 is 0 Å². The molecule has 106 valence electrons. The van der Waals surface area contributed by atoms with E-state index in [1.807, 2.05) is 32.0 Å². The molecule has 0 unspecified atom stereocenters. The van der Waals surface area contributed by atoms with Crippen molar-refractivity contribution >= 4 is 11.6 Å². The van der Waals surface area contributed by atoms with E-state index in [0.29, 0.717) is 5.92 Å². The first kappa shape index (κ1) is 14.6. The van der Waals surface area contributed by atoms with Gasteiger partial charge in [-0.25, -0.2) is 0 Å².